The van der Waals surface area contributed by atoms with Gasteiger partial charge >= 0.3 is 0 Å². The number of nitrogens with one attached hydrogen (secondary N) is 1. The molecule has 2 rings (SSSR count). The monoisotopic (exact) mass is 306 g/mol. The number of rotatable bonds is 5. The summed E-state index contributed by atoms with van der Waals surface area (Å²) in [4.78, 5) is 10.3. The van der Waals surface area contributed by atoms with Gasteiger partial charge < -0.3 is 10.1 Å². The van der Waals surface area contributed by atoms with Gasteiger partial charge in [0, 0.05) is 18.3 Å². The maximum absolute atomic E-state index is 10.8. The van der Waals surface area contributed by atoms with Crippen LogP contribution in [0.25, 0.3) is 0 Å². The number of halogens is 1. The van der Waals surface area contributed by atoms with Gasteiger partial charge in [-0.1, -0.05) is 23.7 Å². The first kappa shape index (κ1) is 15.1. The summed E-state index contributed by atoms with van der Waals surface area (Å²) in [5.74, 6) is 0.834. The molecule has 5 nitrogen and oxygen atoms in total. The van der Waals surface area contributed by atoms with E-state index in [2.05, 4.69) is 5.32 Å². The molecule has 0 unspecified atom stereocenters. The zero-order valence-electron chi connectivity index (χ0n) is 11.7. The number of benzene rings is 2. The van der Waals surface area contributed by atoms with Gasteiger partial charge in [0.1, 0.15) is 10.8 Å². The molecule has 0 spiro atoms. The van der Waals surface area contributed by atoms with Crippen LogP contribution < -0.4 is 10.1 Å². The van der Waals surface area contributed by atoms with Gasteiger partial charge in [0.2, 0.25) is 0 Å². The highest BCUT2D eigenvalue weighted by Gasteiger charge is 2.12. The van der Waals surface area contributed by atoms with Crippen molar-refractivity contribution in [2.45, 2.75) is 13.5 Å². The normalized spacial score (nSPS) is 10.2. The lowest BCUT2D eigenvalue weighted by Gasteiger charge is -2.10. The highest BCUT2D eigenvalue weighted by molar-refractivity contribution is 6.32. The maximum Gasteiger partial charge on any atom is 0.289 e. The highest BCUT2D eigenvalue weighted by Crippen LogP contribution is 2.27. The van der Waals surface area contributed by atoms with Crippen LogP contribution in [-0.2, 0) is 6.54 Å². The lowest BCUT2D eigenvalue weighted by molar-refractivity contribution is -0.384. The lowest BCUT2D eigenvalue weighted by atomic mass is 10.1. The molecule has 0 radical (unpaired) electrons. The van der Waals surface area contributed by atoms with Gasteiger partial charge in [0.05, 0.1) is 12.0 Å². The van der Waals surface area contributed by atoms with E-state index in [1.807, 2.05) is 25.1 Å². The molecule has 0 fully saturated rings. The Hall–Kier alpha value is -2.27. The van der Waals surface area contributed by atoms with Crippen LogP contribution in [0.5, 0.6) is 5.75 Å². The van der Waals surface area contributed by atoms with Crippen molar-refractivity contribution < 1.29 is 9.66 Å². The first-order valence-electron chi connectivity index (χ1n) is 6.32. The quantitative estimate of drug-likeness (QED) is 0.665. The fourth-order valence-electron chi connectivity index (χ4n) is 2.02. The van der Waals surface area contributed by atoms with Gasteiger partial charge in [-0.15, -0.1) is 0 Å². The molecule has 2 aromatic rings. The predicted octanol–water partition coefficient (Wildman–Crippen LogP) is 4.18. The number of methoxy groups -OCH3 is 1. The third-order valence-electron chi connectivity index (χ3n) is 3.10. The van der Waals surface area contributed by atoms with E-state index < -0.39 is 4.92 Å². The minimum atomic E-state index is -0.495. The number of anilines is 1. The number of aryl methyl sites for hydroxylation is 1. The third kappa shape index (κ3) is 3.64. The molecule has 0 aliphatic carbocycles. The molecule has 0 bridgehead atoms. The van der Waals surface area contributed by atoms with Crippen molar-refractivity contribution in [2.24, 2.45) is 0 Å². The molecule has 0 aliphatic heterocycles. The summed E-state index contributed by atoms with van der Waals surface area (Å²) in [6.07, 6.45) is 0. The standard InChI is InChI=1S/C15H15ClN2O3/c1-10-7-11(3-6-15(10)21-2)9-17-12-4-5-13(16)14(8-12)18(19)20/h3-8,17H,9H2,1-2H3. The Morgan fingerprint density at radius 1 is 1.29 bits per heavy atom. The minimum absolute atomic E-state index is 0.104. The number of nitro groups is 1. The molecule has 21 heavy (non-hydrogen) atoms. The van der Waals surface area contributed by atoms with E-state index in [0.717, 1.165) is 16.9 Å². The Morgan fingerprint density at radius 2 is 2.05 bits per heavy atom. The van der Waals surface area contributed by atoms with Crippen molar-refractivity contribution in [1.29, 1.82) is 0 Å². The summed E-state index contributed by atoms with van der Waals surface area (Å²) >= 11 is 5.78. The van der Waals surface area contributed by atoms with Crippen molar-refractivity contribution in [3.63, 3.8) is 0 Å². The van der Waals surface area contributed by atoms with Crippen LogP contribution >= 0.6 is 11.6 Å². The van der Waals surface area contributed by atoms with E-state index in [-0.39, 0.29) is 10.7 Å². The molecule has 0 saturated carbocycles. The van der Waals surface area contributed by atoms with Crippen molar-refractivity contribution in [3.8, 4) is 5.75 Å². The zero-order chi connectivity index (χ0) is 15.4. The molecular formula is C15H15ClN2O3. The average molecular weight is 307 g/mol. The second-order valence-electron chi connectivity index (χ2n) is 4.58. The van der Waals surface area contributed by atoms with Crippen molar-refractivity contribution in [1.82, 2.24) is 0 Å². The Morgan fingerprint density at radius 3 is 2.67 bits per heavy atom. The molecule has 0 saturated heterocycles. The van der Waals surface area contributed by atoms with Gasteiger partial charge in [0.25, 0.3) is 5.69 Å². The van der Waals surface area contributed by atoms with Crippen LogP contribution in [0.15, 0.2) is 36.4 Å². The number of hydrogen-bond donors (Lipinski definition) is 1. The van der Waals surface area contributed by atoms with Crippen molar-refractivity contribution in [3.05, 3.63) is 62.7 Å². The second-order valence-corrected chi connectivity index (χ2v) is 4.99. The van der Waals surface area contributed by atoms with E-state index in [0.29, 0.717) is 12.2 Å². The smallest absolute Gasteiger partial charge is 0.289 e. The molecule has 0 aliphatic rings. The first-order valence-corrected chi connectivity index (χ1v) is 6.70. The summed E-state index contributed by atoms with van der Waals surface area (Å²) in [5, 5.41) is 14.1. The average Bonchev–Trinajstić information content (AvgIpc) is 2.46. The van der Waals surface area contributed by atoms with Crippen LogP contribution in [0, 0.1) is 17.0 Å². The van der Waals surface area contributed by atoms with Crippen molar-refractivity contribution in [2.75, 3.05) is 12.4 Å². The van der Waals surface area contributed by atoms with Crippen LogP contribution in [0.2, 0.25) is 5.02 Å². The molecule has 0 heterocycles. The Labute approximate surface area is 127 Å². The van der Waals surface area contributed by atoms with Gasteiger partial charge in [-0.25, -0.2) is 0 Å². The van der Waals surface area contributed by atoms with Gasteiger partial charge in [-0.05, 0) is 36.2 Å². The van der Waals surface area contributed by atoms with E-state index in [1.165, 1.54) is 12.1 Å². The molecule has 6 heteroatoms. The van der Waals surface area contributed by atoms with E-state index in [9.17, 15) is 10.1 Å². The minimum Gasteiger partial charge on any atom is -0.496 e. The van der Waals surface area contributed by atoms with Gasteiger partial charge in [-0.2, -0.15) is 0 Å². The zero-order valence-corrected chi connectivity index (χ0v) is 12.5. The van der Waals surface area contributed by atoms with E-state index in [1.54, 1.807) is 13.2 Å². The molecule has 0 amide bonds. The SMILES string of the molecule is COc1ccc(CNc2ccc(Cl)c([N+](=O)[O-])c2)cc1C. The molecular weight excluding hydrogens is 292 g/mol. The molecule has 110 valence electrons. The summed E-state index contributed by atoms with van der Waals surface area (Å²) in [6, 6.07) is 10.5. The first-order chi connectivity index (χ1) is 10.0. The van der Waals surface area contributed by atoms with Crippen molar-refractivity contribution >= 4 is 23.0 Å². The number of hydrogen-bond acceptors (Lipinski definition) is 4. The third-order valence-corrected chi connectivity index (χ3v) is 3.42. The molecule has 0 aromatic heterocycles. The van der Waals surface area contributed by atoms with Crippen LogP contribution in [0.3, 0.4) is 0 Å². The highest BCUT2D eigenvalue weighted by atomic mass is 35.5. The fourth-order valence-corrected chi connectivity index (χ4v) is 2.20. The van der Waals surface area contributed by atoms with Crippen LogP contribution in [0.4, 0.5) is 11.4 Å². The Balaban J connectivity index is 2.11. The van der Waals surface area contributed by atoms with E-state index >= 15 is 0 Å². The summed E-state index contributed by atoms with van der Waals surface area (Å²) in [7, 11) is 1.63. The van der Waals surface area contributed by atoms with Gasteiger partial charge in [-0.3, -0.25) is 10.1 Å². The van der Waals surface area contributed by atoms with Gasteiger partial charge in [0.15, 0.2) is 0 Å². The van der Waals surface area contributed by atoms with Crippen LogP contribution in [0.1, 0.15) is 11.1 Å². The maximum atomic E-state index is 10.8. The topological polar surface area (TPSA) is 64.4 Å². The second kappa shape index (κ2) is 6.45. The number of nitro benzene ring substituents is 1. The fraction of sp³-hybridized carbons (Fsp3) is 0.200. The molecule has 0 atom stereocenters. The van der Waals surface area contributed by atoms with E-state index in [4.69, 9.17) is 16.3 Å². The molecule has 1 N–H and O–H groups in total. The summed E-state index contributed by atoms with van der Waals surface area (Å²) in [5.41, 5.74) is 2.65. The molecule has 2 aromatic carbocycles. The lowest BCUT2D eigenvalue weighted by Crippen LogP contribution is -2.01. The summed E-state index contributed by atoms with van der Waals surface area (Å²) < 4.78 is 5.21. The predicted molar refractivity (Wildman–Crippen MR) is 83.2 cm³/mol. The number of ether oxygens (including phenoxy) is 1. The summed E-state index contributed by atoms with van der Waals surface area (Å²) in [6.45, 7) is 2.53. The van der Waals surface area contributed by atoms with Crippen LogP contribution in [-0.4, -0.2) is 12.0 Å². The Bertz CT molecular complexity index is 674. The Kier molecular flexibility index (Phi) is 4.65. The largest absolute Gasteiger partial charge is 0.496 e. The number of nitrogens with zero attached hydrogens (tertiary/aromatic N) is 1.